The molecular formula is C26H21ClF6N4O. The summed E-state index contributed by atoms with van der Waals surface area (Å²) in [6.45, 7) is 3.88. The van der Waals surface area contributed by atoms with E-state index in [0.717, 1.165) is 12.3 Å². The number of nitrogens with zero attached hydrogens (tertiary/aromatic N) is 3. The molecule has 1 unspecified atom stereocenters. The first kappa shape index (κ1) is 27.4. The van der Waals surface area contributed by atoms with E-state index in [1.165, 1.54) is 29.1 Å². The molecule has 0 aliphatic carbocycles. The topological polar surface area (TPSA) is 73.8 Å². The average Bonchev–Trinajstić information content (AvgIpc) is 3.24. The first-order chi connectivity index (χ1) is 17.7. The molecule has 0 saturated heterocycles. The van der Waals surface area contributed by atoms with Gasteiger partial charge in [-0.25, -0.2) is 0 Å². The van der Waals surface area contributed by atoms with E-state index in [4.69, 9.17) is 17.3 Å². The Morgan fingerprint density at radius 3 is 2.18 bits per heavy atom. The molecule has 2 aromatic carbocycles. The molecule has 0 spiro atoms. The Morgan fingerprint density at radius 2 is 1.66 bits per heavy atom. The van der Waals surface area contributed by atoms with Crippen LogP contribution >= 0.6 is 11.6 Å². The number of hydrogen-bond acceptors (Lipinski definition) is 3. The average molecular weight is 555 g/mol. The summed E-state index contributed by atoms with van der Waals surface area (Å²) in [6.07, 6.45) is -6.56. The number of carbonyl (C=O) groups is 1. The maximum absolute atomic E-state index is 14.4. The van der Waals surface area contributed by atoms with E-state index in [1.807, 2.05) is 13.8 Å². The maximum Gasteiger partial charge on any atom is 0.417 e. The summed E-state index contributed by atoms with van der Waals surface area (Å²) < 4.78 is 83.9. The van der Waals surface area contributed by atoms with Crippen molar-refractivity contribution in [3.63, 3.8) is 0 Å². The van der Waals surface area contributed by atoms with Gasteiger partial charge in [0.15, 0.2) is 0 Å². The minimum absolute atomic E-state index is 0.0415. The zero-order valence-electron chi connectivity index (χ0n) is 20.0. The molecule has 200 valence electrons. The van der Waals surface area contributed by atoms with Crippen LogP contribution in [0.2, 0.25) is 5.02 Å². The van der Waals surface area contributed by atoms with Crippen LogP contribution in [0.4, 0.5) is 26.3 Å². The van der Waals surface area contributed by atoms with Gasteiger partial charge in [-0.15, -0.1) is 0 Å². The quantitative estimate of drug-likeness (QED) is 0.250. The van der Waals surface area contributed by atoms with Crippen molar-refractivity contribution < 1.29 is 31.1 Å². The predicted molar refractivity (Wildman–Crippen MR) is 131 cm³/mol. The molecule has 38 heavy (non-hydrogen) atoms. The lowest BCUT2D eigenvalue weighted by Gasteiger charge is -2.22. The maximum atomic E-state index is 14.4. The zero-order chi connectivity index (χ0) is 28.0. The van der Waals surface area contributed by atoms with E-state index in [1.54, 1.807) is 6.07 Å². The molecule has 4 rings (SSSR count). The molecule has 2 N–H and O–H groups in total. The highest BCUT2D eigenvalue weighted by molar-refractivity contribution is 6.33. The number of amides is 1. The predicted octanol–water partition coefficient (Wildman–Crippen LogP) is 7.52. The molecule has 1 amide bonds. The third kappa shape index (κ3) is 5.33. The molecule has 5 nitrogen and oxygen atoms in total. The van der Waals surface area contributed by atoms with Crippen molar-refractivity contribution in [2.24, 2.45) is 11.7 Å². The number of nitrogens with two attached hydrogens (primary N) is 1. The fourth-order valence-corrected chi connectivity index (χ4v) is 4.66. The Kier molecular flexibility index (Phi) is 7.17. The normalized spacial score (nSPS) is 13.3. The summed E-state index contributed by atoms with van der Waals surface area (Å²) >= 11 is 6.04. The second kappa shape index (κ2) is 9.94. The van der Waals surface area contributed by atoms with Crippen LogP contribution in [0.3, 0.4) is 0 Å². The van der Waals surface area contributed by atoms with Crippen molar-refractivity contribution in [3.05, 3.63) is 82.3 Å². The number of rotatable bonds is 6. The summed E-state index contributed by atoms with van der Waals surface area (Å²) in [5.41, 5.74) is 3.39. The van der Waals surface area contributed by atoms with Gasteiger partial charge in [-0.3, -0.25) is 14.5 Å². The molecule has 2 heterocycles. The van der Waals surface area contributed by atoms with E-state index in [9.17, 15) is 31.1 Å². The molecule has 0 aliphatic rings. The third-order valence-electron chi connectivity index (χ3n) is 6.06. The van der Waals surface area contributed by atoms with Gasteiger partial charge in [0, 0.05) is 22.2 Å². The standard InChI is InChI=1S/C26H21ClF6N4O/c1-13(2)9-22(14-3-7-20(24(34)38)35-11-14)37-21-8-6-17(23(26(31,32)33)18(21)12-36-37)16-5-4-15(10-19(16)27)25(28,29)30/h3-8,10-13,22H,9H2,1-2H3,(H2,34,38). The highest BCUT2D eigenvalue weighted by Gasteiger charge is 2.38. The summed E-state index contributed by atoms with van der Waals surface area (Å²) in [6, 6.07) is 7.36. The molecular weight excluding hydrogens is 534 g/mol. The number of aromatic nitrogens is 3. The van der Waals surface area contributed by atoms with Crippen molar-refractivity contribution in [3.8, 4) is 11.1 Å². The fraction of sp³-hybridized carbons (Fsp3) is 0.269. The van der Waals surface area contributed by atoms with E-state index in [2.05, 4.69) is 10.1 Å². The van der Waals surface area contributed by atoms with Crippen LogP contribution in [-0.2, 0) is 12.4 Å². The first-order valence-electron chi connectivity index (χ1n) is 11.4. The summed E-state index contributed by atoms with van der Waals surface area (Å²) in [5.74, 6) is -0.604. The Labute approximate surface area is 218 Å². The number of primary amides is 1. The lowest BCUT2D eigenvalue weighted by Crippen LogP contribution is -2.17. The van der Waals surface area contributed by atoms with Gasteiger partial charge in [-0.05, 0) is 47.7 Å². The van der Waals surface area contributed by atoms with Crippen LogP contribution in [0.5, 0.6) is 0 Å². The number of fused-ring (bicyclic) bond motifs is 1. The third-order valence-corrected chi connectivity index (χ3v) is 6.38. The van der Waals surface area contributed by atoms with Gasteiger partial charge in [0.05, 0.1) is 28.9 Å². The summed E-state index contributed by atoms with van der Waals surface area (Å²) in [5, 5.41) is 3.58. The van der Waals surface area contributed by atoms with Crippen molar-refractivity contribution >= 4 is 28.4 Å². The van der Waals surface area contributed by atoms with Crippen LogP contribution in [-0.4, -0.2) is 20.7 Å². The lowest BCUT2D eigenvalue weighted by atomic mass is 9.94. The van der Waals surface area contributed by atoms with Gasteiger partial charge < -0.3 is 5.73 Å². The molecule has 0 fully saturated rings. The highest BCUT2D eigenvalue weighted by Crippen LogP contribution is 2.45. The van der Waals surface area contributed by atoms with Crippen LogP contribution in [0, 0.1) is 5.92 Å². The second-order valence-electron chi connectivity index (χ2n) is 9.19. The Hall–Kier alpha value is -3.60. The van der Waals surface area contributed by atoms with Gasteiger partial charge in [0.25, 0.3) is 5.91 Å². The van der Waals surface area contributed by atoms with Gasteiger partial charge in [-0.2, -0.15) is 31.4 Å². The van der Waals surface area contributed by atoms with Crippen LogP contribution in [0.15, 0.2) is 54.9 Å². The largest absolute Gasteiger partial charge is 0.417 e. The van der Waals surface area contributed by atoms with Crippen molar-refractivity contribution in [1.82, 2.24) is 14.8 Å². The van der Waals surface area contributed by atoms with Gasteiger partial charge in [0.1, 0.15) is 5.69 Å². The Bertz CT molecular complexity index is 1490. The minimum atomic E-state index is -4.87. The SMILES string of the molecule is CC(C)CC(c1ccc(C(N)=O)nc1)n1ncc2c(C(F)(F)F)c(-c3ccc(C(F)(F)F)cc3Cl)ccc21. The van der Waals surface area contributed by atoms with E-state index in [-0.39, 0.29) is 33.6 Å². The fourth-order valence-electron chi connectivity index (χ4n) is 4.38. The van der Waals surface area contributed by atoms with Gasteiger partial charge >= 0.3 is 12.4 Å². The van der Waals surface area contributed by atoms with Crippen molar-refractivity contribution in [2.75, 3.05) is 0 Å². The van der Waals surface area contributed by atoms with Crippen molar-refractivity contribution in [1.29, 1.82) is 0 Å². The Balaban J connectivity index is 1.90. The summed E-state index contributed by atoms with van der Waals surface area (Å²) in [4.78, 5) is 15.5. The number of pyridine rings is 1. The molecule has 0 saturated carbocycles. The lowest BCUT2D eigenvalue weighted by molar-refractivity contribution is -0.138. The molecule has 0 bridgehead atoms. The van der Waals surface area contributed by atoms with E-state index >= 15 is 0 Å². The van der Waals surface area contributed by atoms with Gasteiger partial charge in [0.2, 0.25) is 0 Å². The van der Waals surface area contributed by atoms with E-state index < -0.39 is 40.5 Å². The number of alkyl halides is 6. The zero-order valence-corrected chi connectivity index (χ0v) is 20.8. The second-order valence-corrected chi connectivity index (χ2v) is 9.59. The number of carbonyl (C=O) groups excluding carboxylic acids is 1. The smallest absolute Gasteiger partial charge is 0.364 e. The van der Waals surface area contributed by atoms with Crippen molar-refractivity contribution in [2.45, 2.75) is 38.7 Å². The Morgan fingerprint density at radius 1 is 0.974 bits per heavy atom. The number of benzene rings is 2. The molecule has 12 heteroatoms. The molecule has 4 aromatic rings. The summed E-state index contributed by atoms with van der Waals surface area (Å²) in [7, 11) is 0. The number of hydrogen-bond donors (Lipinski definition) is 1. The van der Waals surface area contributed by atoms with Gasteiger partial charge in [-0.1, -0.05) is 43.6 Å². The monoisotopic (exact) mass is 554 g/mol. The highest BCUT2D eigenvalue weighted by atomic mass is 35.5. The molecule has 0 radical (unpaired) electrons. The van der Waals surface area contributed by atoms with Crippen LogP contribution in [0.25, 0.3) is 22.0 Å². The number of halogens is 7. The minimum Gasteiger partial charge on any atom is -0.364 e. The van der Waals surface area contributed by atoms with Crippen LogP contribution in [0.1, 0.15) is 53.5 Å². The molecule has 2 aromatic heterocycles. The first-order valence-corrected chi connectivity index (χ1v) is 11.8. The van der Waals surface area contributed by atoms with Crippen LogP contribution < -0.4 is 5.73 Å². The molecule has 1 atom stereocenters. The van der Waals surface area contributed by atoms with E-state index in [0.29, 0.717) is 24.1 Å². The molecule has 0 aliphatic heterocycles.